The molecule has 0 bridgehead atoms. The number of methoxy groups -OCH3 is 1. The Balaban J connectivity index is 2.14. The minimum absolute atomic E-state index is 0.224. The van der Waals surface area contributed by atoms with E-state index in [1.165, 1.54) is 7.11 Å². The van der Waals surface area contributed by atoms with Gasteiger partial charge in [-0.1, -0.05) is 26.0 Å². The quantitative estimate of drug-likeness (QED) is 0.490. The lowest BCUT2D eigenvalue weighted by atomic mass is 9.69. The highest BCUT2D eigenvalue weighted by atomic mass is 16.5. The van der Waals surface area contributed by atoms with Gasteiger partial charge in [0.25, 0.3) is 0 Å². The van der Waals surface area contributed by atoms with Crippen molar-refractivity contribution in [3.63, 3.8) is 0 Å². The average molecular weight is 456 g/mol. The van der Waals surface area contributed by atoms with Crippen LogP contribution in [-0.2, 0) is 23.9 Å². The van der Waals surface area contributed by atoms with E-state index < -0.39 is 23.8 Å². The Kier molecular flexibility index (Phi) is 7.61. The van der Waals surface area contributed by atoms with E-state index in [9.17, 15) is 14.4 Å². The lowest BCUT2D eigenvalue weighted by molar-refractivity contribution is -0.151. The van der Waals surface area contributed by atoms with Gasteiger partial charge in [-0.15, -0.1) is 0 Å². The molecule has 1 N–H and O–H groups in total. The predicted molar refractivity (Wildman–Crippen MR) is 123 cm³/mol. The molecule has 1 aromatic rings. The highest BCUT2D eigenvalue weighted by molar-refractivity contribution is 6.12. The first-order valence-corrected chi connectivity index (χ1v) is 11.5. The topological polar surface area (TPSA) is 90.9 Å². The Bertz CT molecular complexity index is 991. The van der Waals surface area contributed by atoms with Crippen molar-refractivity contribution in [3.8, 4) is 5.75 Å². The van der Waals surface area contributed by atoms with Crippen LogP contribution < -0.4 is 10.1 Å². The van der Waals surface area contributed by atoms with Gasteiger partial charge < -0.3 is 19.5 Å². The summed E-state index contributed by atoms with van der Waals surface area (Å²) < 4.78 is 16.2. The summed E-state index contributed by atoms with van der Waals surface area (Å²) in [6.07, 6.45) is 0.909. The summed E-state index contributed by atoms with van der Waals surface area (Å²) in [6, 6.07) is 7.35. The number of nitrogens with one attached hydrogen (secondary N) is 1. The third kappa shape index (κ3) is 4.82. The summed E-state index contributed by atoms with van der Waals surface area (Å²) in [6.45, 7) is 9.90. The smallest absolute Gasteiger partial charge is 0.337 e. The van der Waals surface area contributed by atoms with Crippen LogP contribution in [0.4, 0.5) is 0 Å². The van der Waals surface area contributed by atoms with Gasteiger partial charge in [-0.05, 0) is 57.2 Å². The fourth-order valence-electron chi connectivity index (χ4n) is 4.54. The molecule has 7 nitrogen and oxygen atoms in total. The van der Waals surface area contributed by atoms with Crippen LogP contribution >= 0.6 is 0 Å². The van der Waals surface area contributed by atoms with Gasteiger partial charge in [-0.2, -0.15) is 0 Å². The van der Waals surface area contributed by atoms with Crippen LogP contribution in [0, 0.1) is 11.8 Å². The second-order valence-electron chi connectivity index (χ2n) is 8.66. The Morgan fingerprint density at radius 3 is 2.42 bits per heavy atom. The molecule has 2 aliphatic rings. The molecule has 1 aliphatic heterocycles. The number of ether oxygens (including phenoxy) is 3. The number of hydrogen-bond donors (Lipinski definition) is 1. The fraction of sp³-hybridized carbons (Fsp3) is 0.500. The van der Waals surface area contributed by atoms with Crippen LogP contribution in [0.3, 0.4) is 0 Å². The molecule has 33 heavy (non-hydrogen) atoms. The van der Waals surface area contributed by atoms with Crippen LogP contribution in [0.2, 0.25) is 0 Å². The van der Waals surface area contributed by atoms with Crippen LogP contribution in [0.15, 0.2) is 46.8 Å². The maximum absolute atomic E-state index is 13.7. The molecule has 178 valence electrons. The molecule has 1 heterocycles. The summed E-state index contributed by atoms with van der Waals surface area (Å²) in [7, 11) is 1.29. The van der Waals surface area contributed by atoms with Crippen molar-refractivity contribution in [2.75, 3.05) is 13.7 Å². The van der Waals surface area contributed by atoms with E-state index in [-0.39, 0.29) is 17.8 Å². The molecule has 0 radical (unpaired) electrons. The number of esters is 2. The lowest BCUT2D eigenvalue weighted by Gasteiger charge is -2.38. The molecular weight excluding hydrogens is 422 g/mol. The lowest BCUT2D eigenvalue weighted by Crippen LogP contribution is -2.43. The second-order valence-corrected chi connectivity index (χ2v) is 8.66. The predicted octanol–water partition coefficient (Wildman–Crippen LogP) is 4.04. The number of carbonyl (C=O) groups is 3. The summed E-state index contributed by atoms with van der Waals surface area (Å²) in [5.74, 6) is -2.43. The number of hydrogen-bond acceptors (Lipinski definition) is 7. The molecule has 0 aromatic heterocycles. The van der Waals surface area contributed by atoms with Gasteiger partial charge in [0.15, 0.2) is 5.78 Å². The van der Waals surface area contributed by atoms with Crippen molar-refractivity contribution in [2.45, 2.75) is 59.5 Å². The van der Waals surface area contributed by atoms with E-state index in [1.807, 2.05) is 58.9 Å². The molecule has 0 fully saturated rings. The first-order chi connectivity index (χ1) is 15.7. The molecule has 1 aromatic carbocycles. The zero-order valence-electron chi connectivity index (χ0n) is 20.2. The van der Waals surface area contributed by atoms with Crippen molar-refractivity contribution in [1.29, 1.82) is 0 Å². The van der Waals surface area contributed by atoms with Gasteiger partial charge in [0.05, 0.1) is 25.4 Å². The second kappa shape index (κ2) is 10.2. The van der Waals surface area contributed by atoms with Crippen LogP contribution in [0.5, 0.6) is 5.75 Å². The fourth-order valence-corrected chi connectivity index (χ4v) is 4.54. The molecule has 4 atom stereocenters. The minimum Gasteiger partial charge on any atom is -0.494 e. The molecular formula is C26H33NO6. The first kappa shape index (κ1) is 24.6. The van der Waals surface area contributed by atoms with Gasteiger partial charge in [0.2, 0.25) is 0 Å². The number of benzene rings is 1. The zero-order valence-corrected chi connectivity index (χ0v) is 20.2. The Labute approximate surface area is 195 Å². The third-order valence-corrected chi connectivity index (χ3v) is 6.37. The molecule has 7 heteroatoms. The SMILES string of the molecule is CCOc1ccc([C@@H]2C(C(=O)O[C@H](C)CC)=C(C)NC3=C2C(=O)[C@@H](C(=O)OC)[C@H](C)C3)cc1. The number of dihydropyridines is 1. The van der Waals surface area contributed by atoms with Gasteiger partial charge in [0.1, 0.15) is 11.7 Å². The van der Waals surface area contributed by atoms with Crippen molar-refractivity contribution in [2.24, 2.45) is 11.8 Å². The Morgan fingerprint density at radius 2 is 1.85 bits per heavy atom. The summed E-state index contributed by atoms with van der Waals surface area (Å²) in [5, 5.41) is 3.27. The van der Waals surface area contributed by atoms with E-state index in [2.05, 4.69) is 5.32 Å². The summed E-state index contributed by atoms with van der Waals surface area (Å²) in [4.78, 5) is 39.4. The van der Waals surface area contributed by atoms with Gasteiger partial charge in [-0.25, -0.2) is 4.79 Å². The first-order valence-electron chi connectivity index (χ1n) is 11.5. The number of carbonyl (C=O) groups excluding carboxylic acids is 3. The summed E-state index contributed by atoms with van der Waals surface area (Å²) >= 11 is 0. The zero-order chi connectivity index (χ0) is 24.3. The standard InChI is InChI=1S/C26H33NO6/c1-7-15(4)33-26(30)21-16(5)27-19-13-14(3)20(25(29)31-6)24(28)23(19)22(21)17-9-11-18(12-10-17)32-8-2/h9-12,14-15,20,22,27H,7-8,13H2,1-6H3/t14-,15-,20+,22-/m1/s1. The van der Waals surface area contributed by atoms with Gasteiger partial charge in [-0.3, -0.25) is 9.59 Å². The normalized spacial score (nSPS) is 23.5. The maximum atomic E-state index is 13.7. The van der Waals surface area contributed by atoms with Crippen molar-refractivity contribution in [1.82, 2.24) is 5.32 Å². The van der Waals surface area contributed by atoms with Gasteiger partial charge >= 0.3 is 11.9 Å². The molecule has 0 spiro atoms. The van der Waals surface area contributed by atoms with Crippen LogP contribution in [-0.4, -0.2) is 37.5 Å². The molecule has 0 saturated carbocycles. The monoisotopic (exact) mass is 455 g/mol. The van der Waals surface area contributed by atoms with Crippen molar-refractivity contribution >= 4 is 17.7 Å². The Hall–Kier alpha value is -3.09. The largest absolute Gasteiger partial charge is 0.494 e. The average Bonchev–Trinajstić information content (AvgIpc) is 2.78. The highest BCUT2D eigenvalue weighted by Crippen LogP contribution is 2.45. The van der Waals surface area contributed by atoms with E-state index in [1.54, 1.807) is 0 Å². The molecule has 0 unspecified atom stereocenters. The third-order valence-electron chi connectivity index (χ3n) is 6.37. The molecule has 0 amide bonds. The maximum Gasteiger partial charge on any atom is 0.337 e. The van der Waals surface area contributed by atoms with Gasteiger partial charge in [0, 0.05) is 22.9 Å². The van der Waals surface area contributed by atoms with Crippen molar-refractivity contribution in [3.05, 3.63) is 52.4 Å². The number of Topliss-reactive ketones (excluding diaryl/α,β-unsaturated/α-hetero) is 1. The molecule has 1 aliphatic carbocycles. The minimum atomic E-state index is -0.911. The number of allylic oxidation sites excluding steroid dienone is 3. The number of ketones is 1. The number of rotatable bonds is 7. The molecule has 0 saturated heterocycles. The Morgan fingerprint density at radius 1 is 1.18 bits per heavy atom. The van der Waals surface area contributed by atoms with E-state index in [0.717, 1.165) is 11.3 Å². The van der Waals surface area contributed by atoms with E-state index in [0.29, 0.717) is 42.0 Å². The van der Waals surface area contributed by atoms with Crippen LogP contribution in [0.1, 0.15) is 58.9 Å². The highest BCUT2D eigenvalue weighted by Gasteiger charge is 2.47. The summed E-state index contributed by atoms with van der Waals surface area (Å²) in [5.41, 5.74) is 2.95. The molecule has 3 rings (SSSR count). The van der Waals surface area contributed by atoms with E-state index >= 15 is 0 Å². The van der Waals surface area contributed by atoms with E-state index in [4.69, 9.17) is 14.2 Å². The van der Waals surface area contributed by atoms with Crippen LogP contribution in [0.25, 0.3) is 0 Å². The van der Waals surface area contributed by atoms with Crippen molar-refractivity contribution < 1.29 is 28.6 Å².